The van der Waals surface area contributed by atoms with E-state index < -0.39 is 5.82 Å². The summed E-state index contributed by atoms with van der Waals surface area (Å²) in [6.45, 7) is 5.57. The SMILES string of the molecule is CC(C)(C)NC(=O)Nc1ccc(Cl)c(F)c1. The molecule has 2 N–H and O–H groups in total. The van der Waals surface area contributed by atoms with Crippen LogP contribution in [0.4, 0.5) is 14.9 Å². The number of rotatable bonds is 1. The van der Waals surface area contributed by atoms with Crippen LogP contribution in [0.15, 0.2) is 18.2 Å². The van der Waals surface area contributed by atoms with Crippen LogP contribution in [0.2, 0.25) is 5.02 Å². The molecule has 0 aromatic heterocycles. The smallest absolute Gasteiger partial charge is 0.319 e. The van der Waals surface area contributed by atoms with Gasteiger partial charge in [0.05, 0.1) is 5.02 Å². The molecule has 0 radical (unpaired) electrons. The fraction of sp³-hybridized carbons (Fsp3) is 0.364. The monoisotopic (exact) mass is 244 g/mol. The van der Waals surface area contributed by atoms with E-state index in [4.69, 9.17) is 11.6 Å². The lowest BCUT2D eigenvalue weighted by atomic mass is 10.1. The van der Waals surface area contributed by atoms with Crippen molar-refractivity contribution < 1.29 is 9.18 Å². The summed E-state index contributed by atoms with van der Waals surface area (Å²) in [4.78, 5) is 11.4. The standard InChI is InChI=1S/C11H14ClFN2O/c1-11(2,3)15-10(16)14-7-4-5-8(12)9(13)6-7/h4-6H,1-3H3,(H2,14,15,16). The van der Waals surface area contributed by atoms with Crippen molar-refractivity contribution in [3.05, 3.63) is 29.0 Å². The van der Waals surface area contributed by atoms with E-state index in [0.717, 1.165) is 0 Å². The van der Waals surface area contributed by atoms with Crippen LogP contribution in [0, 0.1) is 5.82 Å². The fourth-order valence-electron chi connectivity index (χ4n) is 1.08. The number of anilines is 1. The molecule has 0 aliphatic heterocycles. The van der Waals surface area contributed by atoms with Gasteiger partial charge in [-0.2, -0.15) is 0 Å². The van der Waals surface area contributed by atoms with Gasteiger partial charge in [-0.05, 0) is 39.0 Å². The average molecular weight is 245 g/mol. The maximum absolute atomic E-state index is 13.1. The van der Waals surface area contributed by atoms with Crippen molar-refractivity contribution in [2.24, 2.45) is 0 Å². The van der Waals surface area contributed by atoms with Gasteiger partial charge in [-0.1, -0.05) is 11.6 Å². The Kier molecular flexibility index (Phi) is 3.75. The Balaban J connectivity index is 2.67. The van der Waals surface area contributed by atoms with E-state index >= 15 is 0 Å². The molecule has 0 saturated heterocycles. The third-order valence-corrected chi connectivity index (χ3v) is 1.97. The third kappa shape index (κ3) is 4.06. The molecule has 16 heavy (non-hydrogen) atoms. The van der Waals surface area contributed by atoms with Crippen LogP contribution in [0.25, 0.3) is 0 Å². The second kappa shape index (κ2) is 4.70. The van der Waals surface area contributed by atoms with Crippen molar-refractivity contribution in [1.29, 1.82) is 0 Å². The molecule has 0 unspecified atom stereocenters. The summed E-state index contributed by atoms with van der Waals surface area (Å²) in [7, 11) is 0. The van der Waals surface area contributed by atoms with E-state index in [1.807, 2.05) is 20.8 Å². The number of benzene rings is 1. The molecule has 1 aromatic carbocycles. The number of amides is 2. The molecule has 0 fully saturated rings. The summed E-state index contributed by atoms with van der Waals surface area (Å²) in [6.07, 6.45) is 0. The molecule has 3 nitrogen and oxygen atoms in total. The van der Waals surface area contributed by atoms with Crippen LogP contribution in [0.3, 0.4) is 0 Å². The Bertz CT molecular complexity index is 401. The van der Waals surface area contributed by atoms with Gasteiger partial charge in [0.2, 0.25) is 0 Å². The summed E-state index contributed by atoms with van der Waals surface area (Å²) in [6, 6.07) is 3.72. The molecule has 0 aliphatic carbocycles. The predicted octanol–water partition coefficient (Wildman–Crippen LogP) is 3.40. The second-order valence-corrected chi connectivity index (χ2v) is 4.87. The minimum atomic E-state index is -0.560. The van der Waals surface area contributed by atoms with Crippen molar-refractivity contribution in [3.8, 4) is 0 Å². The van der Waals surface area contributed by atoms with Gasteiger partial charge in [-0.3, -0.25) is 0 Å². The van der Waals surface area contributed by atoms with Crippen LogP contribution in [-0.4, -0.2) is 11.6 Å². The summed E-state index contributed by atoms with van der Waals surface area (Å²) < 4.78 is 13.1. The van der Waals surface area contributed by atoms with Crippen LogP contribution < -0.4 is 10.6 Å². The van der Waals surface area contributed by atoms with Crippen molar-refractivity contribution >= 4 is 23.3 Å². The molecule has 5 heteroatoms. The number of halogens is 2. The quantitative estimate of drug-likeness (QED) is 0.781. The molecular weight excluding hydrogens is 231 g/mol. The van der Waals surface area contributed by atoms with E-state index in [0.29, 0.717) is 5.69 Å². The zero-order valence-corrected chi connectivity index (χ0v) is 10.2. The van der Waals surface area contributed by atoms with Crippen molar-refractivity contribution in [2.75, 3.05) is 5.32 Å². The number of carbonyl (C=O) groups is 1. The normalized spacial score (nSPS) is 11.1. The van der Waals surface area contributed by atoms with Gasteiger partial charge < -0.3 is 10.6 Å². The van der Waals surface area contributed by atoms with Crippen molar-refractivity contribution in [1.82, 2.24) is 5.32 Å². The van der Waals surface area contributed by atoms with Gasteiger partial charge in [0.15, 0.2) is 0 Å². The average Bonchev–Trinajstić information content (AvgIpc) is 2.08. The summed E-state index contributed by atoms with van der Waals surface area (Å²) in [5, 5.41) is 5.24. The van der Waals surface area contributed by atoms with E-state index in [1.165, 1.54) is 18.2 Å². The van der Waals surface area contributed by atoms with Crippen molar-refractivity contribution in [2.45, 2.75) is 26.3 Å². The predicted molar refractivity (Wildman–Crippen MR) is 63.3 cm³/mol. The van der Waals surface area contributed by atoms with E-state index in [9.17, 15) is 9.18 Å². The van der Waals surface area contributed by atoms with Gasteiger partial charge in [-0.15, -0.1) is 0 Å². The highest BCUT2D eigenvalue weighted by molar-refractivity contribution is 6.30. The number of hydrogen-bond acceptors (Lipinski definition) is 1. The topological polar surface area (TPSA) is 41.1 Å². The Morgan fingerprint density at radius 2 is 2.00 bits per heavy atom. The fourth-order valence-corrected chi connectivity index (χ4v) is 1.19. The first kappa shape index (κ1) is 12.8. The number of carbonyl (C=O) groups excluding carboxylic acids is 1. The molecule has 0 spiro atoms. The van der Waals surface area contributed by atoms with Gasteiger partial charge >= 0.3 is 6.03 Å². The highest BCUT2D eigenvalue weighted by Crippen LogP contribution is 2.18. The van der Waals surface area contributed by atoms with Crippen LogP contribution >= 0.6 is 11.6 Å². The first-order chi connectivity index (χ1) is 7.28. The van der Waals surface area contributed by atoms with Crippen LogP contribution in [0.1, 0.15) is 20.8 Å². The molecule has 0 heterocycles. The minimum absolute atomic E-state index is 0.0294. The third-order valence-electron chi connectivity index (χ3n) is 1.67. The Labute approximate surface area is 99.0 Å². The number of hydrogen-bond donors (Lipinski definition) is 2. The van der Waals surface area contributed by atoms with Crippen LogP contribution in [0.5, 0.6) is 0 Å². The molecule has 1 aromatic rings. The summed E-state index contributed by atoms with van der Waals surface area (Å²) in [5.41, 5.74) is 0.0263. The van der Waals surface area contributed by atoms with Gasteiger partial charge in [0.25, 0.3) is 0 Å². The lowest BCUT2D eigenvalue weighted by molar-refractivity contribution is 0.244. The maximum Gasteiger partial charge on any atom is 0.319 e. The maximum atomic E-state index is 13.1. The van der Waals surface area contributed by atoms with Gasteiger partial charge in [0.1, 0.15) is 5.82 Å². The summed E-state index contributed by atoms with van der Waals surface area (Å²) >= 11 is 5.52. The summed E-state index contributed by atoms with van der Waals surface area (Å²) in [5.74, 6) is -0.560. The Hall–Kier alpha value is -1.29. The molecular formula is C11H14ClFN2O. The largest absolute Gasteiger partial charge is 0.333 e. The first-order valence-corrected chi connectivity index (χ1v) is 5.20. The molecule has 0 bridgehead atoms. The van der Waals surface area contributed by atoms with E-state index in [2.05, 4.69) is 10.6 Å². The molecule has 0 atom stereocenters. The van der Waals surface area contributed by atoms with Gasteiger partial charge in [0, 0.05) is 11.2 Å². The highest BCUT2D eigenvalue weighted by atomic mass is 35.5. The molecule has 1 rings (SSSR count). The van der Waals surface area contributed by atoms with Crippen molar-refractivity contribution in [3.63, 3.8) is 0 Å². The first-order valence-electron chi connectivity index (χ1n) is 4.82. The number of urea groups is 1. The van der Waals surface area contributed by atoms with Crippen LogP contribution in [-0.2, 0) is 0 Å². The molecule has 0 saturated carbocycles. The lowest BCUT2D eigenvalue weighted by Gasteiger charge is -2.20. The van der Waals surface area contributed by atoms with Gasteiger partial charge in [-0.25, -0.2) is 9.18 Å². The second-order valence-electron chi connectivity index (χ2n) is 4.46. The zero-order chi connectivity index (χ0) is 12.3. The highest BCUT2D eigenvalue weighted by Gasteiger charge is 2.13. The van der Waals surface area contributed by atoms with E-state index in [-0.39, 0.29) is 16.6 Å². The number of nitrogens with one attached hydrogen (secondary N) is 2. The molecule has 88 valence electrons. The lowest BCUT2D eigenvalue weighted by Crippen LogP contribution is -2.43. The molecule has 2 amide bonds. The molecule has 0 aliphatic rings. The zero-order valence-electron chi connectivity index (χ0n) is 9.40. The Morgan fingerprint density at radius 1 is 1.38 bits per heavy atom. The minimum Gasteiger partial charge on any atom is -0.333 e. The van der Waals surface area contributed by atoms with E-state index in [1.54, 1.807) is 0 Å². The Morgan fingerprint density at radius 3 is 2.50 bits per heavy atom.